The van der Waals surface area contributed by atoms with Gasteiger partial charge in [-0.1, -0.05) is 18.2 Å². The molecule has 0 radical (unpaired) electrons. The molecule has 0 saturated carbocycles. The lowest BCUT2D eigenvalue weighted by Crippen LogP contribution is -2.52. The third-order valence-corrected chi connectivity index (χ3v) is 6.20. The summed E-state index contributed by atoms with van der Waals surface area (Å²) >= 11 is 0. The summed E-state index contributed by atoms with van der Waals surface area (Å²) in [7, 11) is 2.82. The Labute approximate surface area is 217 Å². The van der Waals surface area contributed by atoms with E-state index >= 15 is 0 Å². The smallest absolute Gasteiger partial charge is 0.408 e. The first kappa shape index (κ1) is 26.8. The standard InChI is InChI=1S/C26H27FN4O7/c1-36-20(37-2)15-29-26(35)38-19-9-8-18(27)21-17(14-28-22(19)21)23(32)25(34)31-12-10-30(11-13-31)24(33)16-6-4-3-5-7-16/h3-9,14,20,28H,10-13,15H2,1-2H3,(H,29,35). The number of H-pyrrole nitrogens is 1. The molecule has 3 amide bonds. The number of amides is 3. The van der Waals surface area contributed by atoms with Crippen LogP contribution in [0.1, 0.15) is 20.7 Å². The van der Waals surface area contributed by atoms with E-state index in [1.54, 1.807) is 29.2 Å². The maximum atomic E-state index is 14.8. The van der Waals surface area contributed by atoms with Crippen molar-refractivity contribution in [1.29, 1.82) is 0 Å². The number of fused-ring (bicyclic) bond motifs is 1. The van der Waals surface area contributed by atoms with Crippen molar-refractivity contribution in [3.63, 3.8) is 0 Å². The van der Waals surface area contributed by atoms with E-state index in [1.807, 2.05) is 6.07 Å². The number of ether oxygens (including phenoxy) is 3. The summed E-state index contributed by atoms with van der Waals surface area (Å²) in [6, 6.07) is 11.1. The molecule has 0 aliphatic carbocycles. The molecule has 1 aliphatic heterocycles. The summed E-state index contributed by atoms with van der Waals surface area (Å²) in [6.07, 6.45) is -0.326. The van der Waals surface area contributed by atoms with Crippen LogP contribution >= 0.6 is 0 Å². The van der Waals surface area contributed by atoms with Crippen molar-refractivity contribution in [2.45, 2.75) is 6.29 Å². The van der Waals surface area contributed by atoms with Crippen molar-refractivity contribution in [2.75, 3.05) is 46.9 Å². The van der Waals surface area contributed by atoms with Crippen molar-refractivity contribution in [2.24, 2.45) is 0 Å². The number of piperazine rings is 1. The van der Waals surface area contributed by atoms with Gasteiger partial charge in [0.2, 0.25) is 0 Å². The third-order valence-electron chi connectivity index (χ3n) is 6.20. The molecule has 2 N–H and O–H groups in total. The summed E-state index contributed by atoms with van der Waals surface area (Å²) in [4.78, 5) is 56.6. The van der Waals surface area contributed by atoms with E-state index in [4.69, 9.17) is 14.2 Å². The van der Waals surface area contributed by atoms with Crippen LogP contribution in [-0.2, 0) is 14.3 Å². The molecule has 0 unspecified atom stereocenters. The molecule has 1 fully saturated rings. The molecule has 2 aromatic carbocycles. The lowest BCUT2D eigenvalue weighted by Gasteiger charge is -2.34. The number of aromatic amines is 1. The number of halogens is 1. The van der Waals surface area contributed by atoms with Gasteiger partial charge in [0, 0.05) is 52.2 Å². The van der Waals surface area contributed by atoms with E-state index in [9.17, 15) is 23.6 Å². The first-order valence-electron chi connectivity index (χ1n) is 11.8. The first-order valence-corrected chi connectivity index (χ1v) is 11.8. The van der Waals surface area contributed by atoms with Crippen LogP contribution in [0.4, 0.5) is 9.18 Å². The predicted molar refractivity (Wildman–Crippen MR) is 133 cm³/mol. The highest BCUT2D eigenvalue weighted by atomic mass is 19.1. The van der Waals surface area contributed by atoms with Gasteiger partial charge in [0.1, 0.15) is 5.82 Å². The molecule has 2 heterocycles. The fourth-order valence-corrected chi connectivity index (χ4v) is 4.15. The molecule has 1 aromatic heterocycles. The molecule has 0 spiro atoms. The molecule has 11 nitrogen and oxygen atoms in total. The van der Waals surface area contributed by atoms with Crippen molar-refractivity contribution < 1.29 is 37.8 Å². The largest absolute Gasteiger partial charge is 0.412 e. The highest BCUT2D eigenvalue weighted by molar-refractivity contribution is 6.45. The van der Waals surface area contributed by atoms with Crippen LogP contribution in [-0.4, -0.2) is 91.7 Å². The van der Waals surface area contributed by atoms with Gasteiger partial charge < -0.3 is 34.3 Å². The van der Waals surface area contributed by atoms with Gasteiger partial charge in [-0.25, -0.2) is 9.18 Å². The number of carbonyl (C=O) groups is 4. The summed E-state index contributed by atoms with van der Waals surface area (Å²) in [6.45, 7) is 0.840. The zero-order chi connectivity index (χ0) is 27.2. The topological polar surface area (TPSA) is 130 Å². The SMILES string of the molecule is COC(CNC(=O)Oc1ccc(F)c2c(C(=O)C(=O)N3CCN(C(=O)c4ccccc4)CC3)c[nH]c12)OC. The average molecular weight is 527 g/mol. The molecular weight excluding hydrogens is 499 g/mol. The second-order valence-electron chi connectivity index (χ2n) is 8.45. The van der Waals surface area contributed by atoms with E-state index in [-0.39, 0.29) is 60.8 Å². The monoisotopic (exact) mass is 526 g/mol. The number of rotatable bonds is 8. The molecular formula is C26H27FN4O7. The molecule has 0 bridgehead atoms. The molecule has 4 rings (SSSR count). The second kappa shape index (κ2) is 11.8. The van der Waals surface area contributed by atoms with Crippen molar-refractivity contribution in [3.8, 4) is 5.75 Å². The molecule has 1 saturated heterocycles. The third kappa shape index (κ3) is 5.66. The number of carbonyl (C=O) groups excluding carboxylic acids is 4. The highest BCUT2D eigenvalue weighted by Gasteiger charge is 2.31. The van der Waals surface area contributed by atoms with Gasteiger partial charge in [-0.2, -0.15) is 0 Å². The van der Waals surface area contributed by atoms with Gasteiger partial charge in [0.25, 0.3) is 17.6 Å². The number of hydrogen-bond acceptors (Lipinski definition) is 7. The van der Waals surface area contributed by atoms with Gasteiger partial charge in [0.05, 0.1) is 23.0 Å². The van der Waals surface area contributed by atoms with Gasteiger partial charge in [-0.15, -0.1) is 0 Å². The van der Waals surface area contributed by atoms with E-state index in [0.717, 1.165) is 6.07 Å². The van der Waals surface area contributed by atoms with Crippen molar-refractivity contribution >= 4 is 34.6 Å². The van der Waals surface area contributed by atoms with Crippen LogP contribution in [0.2, 0.25) is 0 Å². The summed E-state index contributed by atoms with van der Waals surface area (Å²) < 4.78 is 30.0. The van der Waals surface area contributed by atoms with E-state index in [1.165, 1.54) is 31.4 Å². The zero-order valence-corrected chi connectivity index (χ0v) is 20.9. The van der Waals surface area contributed by atoms with Crippen LogP contribution < -0.4 is 10.1 Å². The molecule has 200 valence electrons. The Bertz CT molecular complexity index is 1330. The van der Waals surface area contributed by atoms with E-state index < -0.39 is 29.9 Å². The molecule has 0 atom stereocenters. The van der Waals surface area contributed by atoms with Crippen LogP contribution in [0.3, 0.4) is 0 Å². The average Bonchev–Trinajstić information content (AvgIpc) is 3.41. The predicted octanol–water partition coefficient (Wildman–Crippen LogP) is 2.18. The number of aromatic nitrogens is 1. The Morgan fingerprint density at radius 1 is 0.974 bits per heavy atom. The number of methoxy groups -OCH3 is 2. The quantitative estimate of drug-likeness (QED) is 0.261. The van der Waals surface area contributed by atoms with E-state index in [2.05, 4.69) is 10.3 Å². The van der Waals surface area contributed by atoms with Crippen LogP contribution in [0.25, 0.3) is 10.9 Å². The summed E-state index contributed by atoms with van der Waals surface area (Å²) in [5, 5.41) is 2.28. The highest BCUT2D eigenvalue weighted by Crippen LogP contribution is 2.30. The molecule has 3 aromatic rings. The maximum Gasteiger partial charge on any atom is 0.412 e. The van der Waals surface area contributed by atoms with Gasteiger partial charge in [0.15, 0.2) is 12.0 Å². The van der Waals surface area contributed by atoms with Crippen LogP contribution in [0.5, 0.6) is 5.75 Å². The second-order valence-corrected chi connectivity index (χ2v) is 8.45. The van der Waals surface area contributed by atoms with Crippen LogP contribution in [0, 0.1) is 5.82 Å². The molecule has 12 heteroatoms. The molecule has 1 aliphatic rings. The Morgan fingerprint density at radius 3 is 2.29 bits per heavy atom. The molecule has 38 heavy (non-hydrogen) atoms. The fourth-order valence-electron chi connectivity index (χ4n) is 4.15. The van der Waals surface area contributed by atoms with Gasteiger partial charge >= 0.3 is 6.09 Å². The van der Waals surface area contributed by atoms with Crippen molar-refractivity contribution in [3.05, 3.63) is 65.6 Å². The lowest BCUT2D eigenvalue weighted by molar-refractivity contribution is -0.127. The summed E-state index contributed by atoms with van der Waals surface area (Å²) in [5.74, 6) is -2.68. The normalized spacial score (nSPS) is 13.6. The Balaban J connectivity index is 1.43. The maximum absolute atomic E-state index is 14.8. The van der Waals surface area contributed by atoms with E-state index in [0.29, 0.717) is 5.56 Å². The number of hydrogen-bond donors (Lipinski definition) is 2. The van der Waals surface area contributed by atoms with Crippen molar-refractivity contribution in [1.82, 2.24) is 20.1 Å². The van der Waals surface area contributed by atoms with Gasteiger partial charge in [-0.05, 0) is 24.3 Å². The fraction of sp³-hybridized carbons (Fsp3) is 0.308. The Hall–Kier alpha value is -4.29. The number of benzene rings is 2. The minimum absolute atomic E-state index is 0.00332. The van der Waals surface area contributed by atoms with Crippen LogP contribution in [0.15, 0.2) is 48.7 Å². The Morgan fingerprint density at radius 2 is 1.63 bits per heavy atom. The number of nitrogens with one attached hydrogen (secondary N) is 2. The number of ketones is 1. The Kier molecular flexibility index (Phi) is 8.34. The lowest BCUT2D eigenvalue weighted by atomic mass is 10.1. The minimum Gasteiger partial charge on any atom is -0.408 e. The number of Topliss-reactive ketones (excluding diaryl/α,β-unsaturated/α-hetero) is 1. The number of nitrogens with zero attached hydrogens (tertiary/aromatic N) is 2. The minimum atomic E-state index is -0.914. The first-order chi connectivity index (χ1) is 18.3. The summed E-state index contributed by atoms with van der Waals surface area (Å²) in [5.41, 5.74) is 0.404. The van der Waals surface area contributed by atoms with Gasteiger partial charge in [-0.3, -0.25) is 14.4 Å². The zero-order valence-electron chi connectivity index (χ0n) is 20.9.